The normalized spacial score (nSPS) is 10.7. The number of anilines is 1. The average molecular weight is 367 g/mol. The summed E-state index contributed by atoms with van der Waals surface area (Å²) in [6, 6.07) is 10.5. The van der Waals surface area contributed by atoms with Crippen LogP contribution in [-0.2, 0) is 4.79 Å². The SMILES string of the molecule is Cc1c(Cl)ccc2sc(NC(=O)COc3ccc(Cl)cc3)nc12. The van der Waals surface area contributed by atoms with Crippen LogP contribution in [0.25, 0.3) is 10.2 Å². The molecular weight excluding hydrogens is 355 g/mol. The highest BCUT2D eigenvalue weighted by atomic mass is 35.5. The quantitative estimate of drug-likeness (QED) is 0.712. The summed E-state index contributed by atoms with van der Waals surface area (Å²) in [4.78, 5) is 16.4. The van der Waals surface area contributed by atoms with E-state index in [9.17, 15) is 4.79 Å². The number of benzene rings is 2. The molecule has 0 saturated carbocycles. The van der Waals surface area contributed by atoms with Gasteiger partial charge in [-0.2, -0.15) is 0 Å². The van der Waals surface area contributed by atoms with Gasteiger partial charge < -0.3 is 4.74 Å². The van der Waals surface area contributed by atoms with Gasteiger partial charge in [0.25, 0.3) is 5.91 Å². The van der Waals surface area contributed by atoms with Crippen molar-refractivity contribution < 1.29 is 9.53 Å². The van der Waals surface area contributed by atoms with Crippen molar-refractivity contribution in [2.45, 2.75) is 6.92 Å². The highest BCUT2D eigenvalue weighted by Crippen LogP contribution is 2.31. The lowest BCUT2D eigenvalue weighted by Crippen LogP contribution is -2.19. The zero-order valence-electron chi connectivity index (χ0n) is 12.1. The minimum Gasteiger partial charge on any atom is -0.484 e. The summed E-state index contributed by atoms with van der Waals surface area (Å²) in [5.74, 6) is 0.305. The number of ether oxygens (including phenoxy) is 1. The Labute approximate surface area is 147 Å². The molecule has 7 heteroatoms. The molecule has 23 heavy (non-hydrogen) atoms. The van der Waals surface area contributed by atoms with Gasteiger partial charge in [0.05, 0.1) is 10.2 Å². The van der Waals surface area contributed by atoms with Crippen LogP contribution in [-0.4, -0.2) is 17.5 Å². The number of carbonyl (C=O) groups is 1. The van der Waals surface area contributed by atoms with E-state index >= 15 is 0 Å². The molecular formula is C16H12Cl2N2O2S. The molecule has 0 fully saturated rings. The van der Waals surface area contributed by atoms with Gasteiger partial charge in [-0.3, -0.25) is 10.1 Å². The molecule has 0 atom stereocenters. The van der Waals surface area contributed by atoms with Crippen molar-refractivity contribution in [2.75, 3.05) is 11.9 Å². The van der Waals surface area contributed by atoms with Crippen molar-refractivity contribution in [1.29, 1.82) is 0 Å². The van der Waals surface area contributed by atoms with Crippen molar-refractivity contribution >= 4 is 55.8 Å². The molecule has 1 N–H and O–H groups in total. The van der Waals surface area contributed by atoms with Gasteiger partial charge in [-0.1, -0.05) is 34.5 Å². The van der Waals surface area contributed by atoms with Crippen LogP contribution in [0.2, 0.25) is 10.0 Å². The van der Waals surface area contributed by atoms with E-state index in [4.69, 9.17) is 27.9 Å². The molecule has 0 radical (unpaired) electrons. The van der Waals surface area contributed by atoms with E-state index < -0.39 is 0 Å². The number of hydrogen-bond acceptors (Lipinski definition) is 4. The summed E-state index contributed by atoms with van der Waals surface area (Å²) in [6.07, 6.45) is 0. The van der Waals surface area contributed by atoms with Crippen LogP contribution < -0.4 is 10.1 Å². The average Bonchev–Trinajstić information content (AvgIpc) is 2.94. The van der Waals surface area contributed by atoms with E-state index in [0.717, 1.165) is 15.8 Å². The summed E-state index contributed by atoms with van der Waals surface area (Å²) in [7, 11) is 0. The van der Waals surface area contributed by atoms with Gasteiger partial charge >= 0.3 is 0 Å². The Morgan fingerprint density at radius 1 is 1.22 bits per heavy atom. The van der Waals surface area contributed by atoms with E-state index in [-0.39, 0.29) is 12.5 Å². The summed E-state index contributed by atoms with van der Waals surface area (Å²) in [6.45, 7) is 1.80. The smallest absolute Gasteiger partial charge is 0.264 e. The lowest BCUT2D eigenvalue weighted by molar-refractivity contribution is -0.118. The minimum absolute atomic E-state index is 0.0999. The number of amides is 1. The van der Waals surface area contributed by atoms with Crippen molar-refractivity contribution in [2.24, 2.45) is 0 Å². The van der Waals surface area contributed by atoms with Gasteiger partial charge in [-0.25, -0.2) is 4.98 Å². The molecule has 0 spiro atoms. The zero-order valence-corrected chi connectivity index (χ0v) is 14.4. The monoisotopic (exact) mass is 366 g/mol. The summed E-state index contributed by atoms with van der Waals surface area (Å²) >= 11 is 13.3. The number of aromatic nitrogens is 1. The highest BCUT2D eigenvalue weighted by Gasteiger charge is 2.11. The maximum absolute atomic E-state index is 12.0. The Balaban J connectivity index is 1.66. The lowest BCUT2D eigenvalue weighted by Gasteiger charge is -2.05. The van der Waals surface area contributed by atoms with Crippen LogP contribution in [0.3, 0.4) is 0 Å². The van der Waals surface area contributed by atoms with Crippen LogP contribution in [0.15, 0.2) is 36.4 Å². The predicted molar refractivity (Wildman–Crippen MR) is 94.9 cm³/mol. The van der Waals surface area contributed by atoms with Crippen molar-refractivity contribution in [1.82, 2.24) is 4.98 Å². The number of hydrogen-bond donors (Lipinski definition) is 1. The van der Waals surface area contributed by atoms with Crippen molar-refractivity contribution in [3.8, 4) is 5.75 Å². The molecule has 0 bridgehead atoms. The molecule has 0 aliphatic rings. The van der Waals surface area contributed by atoms with E-state index in [2.05, 4.69) is 10.3 Å². The minimum atomic E-state index is -0.275. The molecule has 0 aliphatic heterocycles. The Morgan fingerprint density at radius 2 is 1.96 bits per heavy atom. The van der Waals surface area contributed by atoms with Crippen molar-refractivity contribution in [3.05, 3.63) is 52.0 Å². The standard InChI is InChI=1S/C16H12Cl2N2O2S/c1-9-12(18)6-7-13-15(9)20-16(23-13)19-14(21)8-22-11-4-2-10(17)3-5-11/h2-7H,8H2,1H3,(H,19,20,21). The number of nitrogens with zero attached hydrogens (tertiary/aromatic N) is 1. The van der Waals surface area contributed by atoms with Crippen molar-refractivity contribution in [3.63, 3.8) is 0 Å². The fourth-order valence-electron chi connectivity index (χ4n) is 1.99. The first-order chi connectivity index (χ1) is 11.0. The number of nitrogens with one attached hydrogen (secondary N) is 1. The highest BCUT2D eigenvalue weighted by molar-refractivity contribution is 7.22. The Kier molecular flexibility index (Phi) is 4.71. The fraction of sp³-hybridized carbons (Fsp3) is 0.125. The number of halogens is 2. The molecule has 1 amide bonds. The van der Waals surface area contributed by atoms with E-state index in [1.165, 1.54) is 11.3 Å². The summed E-state index contributed by atoms with van der Waals surface area (Å²) in [5.41, 5.74) is 1.70. The van der Waals surface area contributed by atoms with Gasteiger partial charge in [0.2, 0.25) is 0 Å². The molecule has 1 heterocycles. The summed E-state index contributed by atoms with van der Waals surface area (Å²) in [5, 5.41) is 4.53. The van der Waals surface area contributed by atoms with Crippen LogP contribution in [0.1, 0.15) is 5.56 Å². The van der Waals surface area contributed by atoms with Crippen LogP contribution in [0, 0.1) is 6.92 Å². The number of carbonyl (C=O) groups excluding carboxylic acids is 1. The van der Waals surface area contributed by atoms with E-state index in [1.54, 1.807) is 24.3 Å². The second-order valence-corrected chi connectivity index (χ2v) is 6.70. The molecule has 2 aromatic carbocycles. The number of aryl methyl sites for hydroxylation is 1. The number of thiazole rings is 1. The molecule has 4 nitrogen and oxygen atoms in total. The molecule has 3 aromatic rings. The topological polar surface area (TPSA) is 51.2 Å². The van der Waals surface area contributed by atoms with Gasteiger partial charge in [0, 0.05) is 10.0 Å². The summed E-state index contributed by atoms with van der Waals surface area (Å²) < 4.78 is 6.37. The van der Waals surface area contributed by atoms with E-state index in [1.807, 2.05) is 19.1 Å². The van der Waals surface area contributed by atoms with Gasteiger partial charge in [-0.05, 0) is 48.9 Å². The predicted octanol–water partition coefficient (Wildman–Crippen LogP) is 4.93. The van der Waals surface area contributed by atoms with Gasteiger partial charge in [-0.15, -0.1) is 0 Å². The first-order valence-electron chi connectivity index (χ1n) is 6.77. The number of rotatable bonds is 4. The third-order valence-electron chi connectivity index (χ3n) is 3.18. The maximum Gasteiger partial charge on any atom is 0.264 e. The molecule has 0 saturated heterocycles. The zero-order chi connectivity index (χ0) is 16.4. The second kappa shape index (κ2) is 6.74. The van der Waals surface area contributed by atoms with Gasteiger partial charge in [0.15, 0.2) is 11.7 Å². The first-order valence-corrected chi connectivity index (χ1v) is 8.34. The van der Waals surface area contributed by atoms with E-state index in [0.29, 0.717) is 20.9 Å². The lowest BCUT2D eigenvalue weighted by atomic mass is 10.2. The third kappa shape index (κ3) is 3.75. The fourth-order valence-corrected chi connectivity index (χ4v) is 3.21. The van der Waals surface area contributed by atoms with Crippen LogP contribution in [0.4, 0.5) is 5.13 Å². The maximum atomic E-state index is 12.0. The van der Waals surface area contributed by atoms with Crippen LogP contribution in [0.5, 0.6) is 5.75 Å². The molecule has 118 valence electrons. The largest absolute Gasteiger partial charge is 0.484 e. The van der Waals surface area contributed by atoms with Gasteiger partial charge in [0.1, 0.15) is 5.75 Å². The van der Waals surface area contributed by atoms with Crippen LogP contribution >= 0.6 is 34.5 Å². The Bertz CT molecular complexity index is 862. The Hall–Kier alpha value is -1.82. The molecule has 0 unspecified atom stereocenters. The number of fused-ring (bicyclic) bond motifs is 1. The molecule has 0 aliphatic carbocycles. The second-order valence-electron chi connectivity index (χ2n) is 4.83. The third-order valence-corrected chi connectivity index (χ3v) is 4.78. The first kappa shape index (κ1) is 16.1. The Morgan fingerprint density at radius 3 is 2.70 bits per heavy atom. The molecule has 3 rings (SSSR count). The molecule has 1 aromatic heterocycles.